The van der Waals surface area contributed by atoms with Crippen LogP contribution in [0.5, 0.6) is 0 Å². The van der Waals surface area contributed by atoms with Crippen LogP contribution in [0.2, 0.25) is 0 Å². The Kier molecular flexibility index (Phi) is 4.48. The van der Waals surface area contributed by atoms with Crippen molar-refractivity contribution in [1.82, 2.24) is 4.57 Å². The molecule has 0 aliphatic heterocycles. The normalized spacial score (nSPS) is 12.0. The van der Waals surface area contributed by atoms with Gasteiger partial charge in [-0.15, -0.1) is 22.7 Å². The molecule has 2 nitrogen and oxygen atoms in total. The lowest BCUT2D eigenvalue weighted by atomic mass is 10.0. The first-order valence-corrected chi connectivity index (χ1v) is 13.6. The molecule has 7 aromatic rings. The van der Waals surface area contributed by atoms with Crippen molar-refractivity contribution in [3.05, 3.63) is 95.6 Å². The van der Waals surface area contributed by atoms with E-state index < -0.39 is 0 Å². The molecule has 0 aliphatic carbocycles. The van der Waals surface area contributed by atoms with Crippen molar-refractivity contribution in [3.63, 3.8) is 0 Å². The van der Waals surface area contributed by atoms with Crippen LogP contribution in [0, 0.1) is 20.8 Å². The zero-order chi connectivity index (χ0) is 23.8. The third kappa shape index (κ3) is 2.84. The van der Waals surface area contributed by atoms with Crippen molar-refractivity contribution in [2.24, 2.45) is 7.05 Å². The molecule has 0 amide bonds. The minimum absolute atomic E-state index is 1.24. The number of thiophene rings is 2. The number of rotatable bonds is 2. The van der Waals surface area contributed by atoms with E-state index in [1.54, 1.807) is 0 Å². The highest BCUT2D eigenvalue weighted by Crippen LogP contribution is 2.48. The van der Waals surface area contributed by atoms with Gasteiger partial charge in [-0.05, 0) is 55.7 Å². The van der Waals surface area contributed by atoms with E-state index in [9.17, 15) is 0 Å². The molecule has 4 aromatic carbocycles. The summed E-state index contributed by atoms with van der Waals surface area (Å²) in [6.07, 6.45) is 0. The molecule has 0 atom stereocenters. The molecule has 7 rings (SSSR count). The van der Waals surface area contributed by atoms with E-state index >= 15 is 0 Å². The van der Waals surface area contributed by atoms with E-state index in [4.69, 9.17) is 0 Å². The molecular weight excluding hydrogens is 464 g/mol. The van der Waals surface area contributed by atoms with Gasteiger partial charge in [-0.25, -0.2) is 4.57 Å². The second-order valence-corrected chi connectivity index (χ2v) is 11.5. The van der Waals surface area contributed by atoms with Crippen LogP contribution < -0.4 is 4.57 Å². The standard InChI is InChI=1S/C31H25N2S2/c1-18-16-17-22-28(35-29-21-12-5-8-15-25(21)34-30(22)29)26(18)31-32(4)23-13-6-7-14-24(23)33(31)27-19(2)10-9-11-20(27)3/h5-17H,1-4H3/q+1. The molecule has 0 saturated carbocycles. The van der Waals surface area contributed by atoms with Crippen LogP contribution in [0.15, 0.2) is 78.9 Å². The Morgan fingerprint density at radius 2 is 1.34 bits per heavy atom. The fourth-order valence-corrected chi connectivity index (χ4v) is 8.46. The number of nitrogens with zero attached hydrogens (tertiary/aromatic N) is 2. The zero-order valence-corrected chi connectivity index (χ0v) is 21.8. The van der Waals surface area contributed by atoms with Crippen molar-refractivity contribution >= 4 is 63.3 Å². The molecule has 0 N–H and O–H groups in total. The average Bonchev–Trinajstić information content (AvgIpc) is 3.48. The summed E-state index contributed by atoms with van der Waals surface area (Å²) in [4.78, 5) is 0. The number of aryl methyl sites for hydroxylation is 4. The highest BCUT2D eigenvalue weighted by atomic mass is 32.1. The SMILES string of the molecule is Cc1cccc(C)c1-n1c(-c2c(C)ccc3c2sc2c4ccccc4sc32)[n+](C)c2ccccc21. The highest BCUT2D eigenvalue weighted by Gasteiger charge is 2.31. The maximum atomic E-state index is 2.49. The van der Waals surface area contributed by atoms with Gasteiger partial charge in [-0.2, -0.15) is 4.57 Å². The van der Waals surface area contributed by atoms with Gasteiger partial charge in [0.1, 0.15) is 5.69 Å². The maximum absolute atomic E-state index is 2.49. The van der Waals surface area contributed by atoms with Crippen LogP contribution in [0.1, 0.15) is 16.7 Å². The van der Waals surface area contributed by atoms with Crippen LogP contribution >= 0.6 is 22.7 Å². The second-order valence-electron chi connectivity index (χ2n) is 9.44. The minimum atomic E-state index is 1.24. The van der Waals surface area contributed by atoms with Gasteiger partial charge < -0.3 is 0 Å². The molecule has 0 aliphatic rings. The van der Waals surface area contributed by atoms with Crippen molar-refractivity contribution < 1.29 is 4.57 Å². The van der Waals surface area contributed by atoms with Crippen molar-refractivity contribution in [2.45, 2.75) is 20.8 Å². The summed E-state index contributed by atoms with van der Waals surface area (Å²) in [7, 11) is 2.21. The van der Waals surface area contributed by atoms with Gasteiger partial charge in [0.05, 0.1) is 26.7 Å². The molecule has 0 spiro atoms. The minimum Gasteiger partial charge on any atom is -0.225 e. The van der Waals surface area contributed by atoms with Gasteiger partial charge in [-0.3, -0.25) is 0 Å². The Bertz CT molecular complexity index is 1930. The summed E-state index contributed by atoms with van der Waals surface area (Å²) in [5, 5.41) is 2.74. The van der Waals surface area contributed by atoms with E-state index in [2.05, 4.69) is 116 Å². The lowest BCUT2D eigenvalue weighted by molar-refractivity contribution is -0.633. The Morgan fingerprint density at radius 3 is 2.17 bits per heavy atom. The van der Waals surface area contributed by atoms with E-state index in [1.165, 1.54) is 74.4 Å². The van der Waals surface area contributed by atoms with E-state index in [0.29, 0.717) is 0 Å². The van der Waals surface area contributed by atoms with Crippen LogP contribution in [-0.2, 0) is 7.05 Å². The Labute approximate surface area is 212 Å². The Hall–Kier alpha value is -3.47. The van der Waals surface area contributed by atoms with Gasteiger partial charge >= 0.3 is 0 Å². The third-order valence-electron chi connectivity index (χ3n) is 7.26. The molecule has 4 heteroatoms. The van der Waals surface area contributed by atoms with Gasteiger partial charge in [0, 0.05) is 15.5 Å². The molecule has 0 saturated heterocycles. The molecule has 0 unspecified atom stereocenters. The van der Waals surface area contributed by atoms with Gasteiger partial charge in [0.15, 0.2) is 11.0 Å². The maximum Gasteiger partial charge on any atom is 0.296 e. The number of fused-ring (bicyclic) bond motifs is 6. The molecule has 0 bridgehead atoms. The summed E-state index contributed by atoms with van der Waals surface area (Å²) in [5.41, 5.74) is 8.97. The molecule has 0 fully saturated rings. The first kappa shape index (κ1) is 20.9. The molecular formula is C31H25N2S2+. The fourth-order valence-electron chi connectivity index (χ4n) is 5.63. The Balaban J connectivity index is 1.67. The highest BCUT2D eigenvalue weighted by molar-refractivity contribution is 7.36. The first-order valence-electron chi connectivity index (χ1n) is 11.9. The zero-order valence-electron chi connectivity index (χ0n) is 20.2. The van der Waals surface area contributed by atoms with Crippen molar-refractivity contribution in [2.75, 3.05) is 0 Å². The molecule has 35 heavy (non-hydrogen) atoms. The van der Waals surface area contributed by atoms with Crippen LogP contribution in [0.4, 0.5) is 0 Å². The summed E-state index contributed by atoms with van der Waals surface area (Å²) in [5.74, 6) is 1.24. The lowest BCUT2D eigenvalue weighted by Crippen LogP contribution is -2.30. The number of hydrogen-bond acceptors (Lipinski definition) is 2. The average molecular weight is 490 g/mol. The van der Waals surface area contributed by atoms with Gasteiger partial charge in [0.2, 0.25) is 0 Å². The van der Waals surface area contributed by atoms with E-state index in [1.807, 2.05) is 22.7 Å². The Morgan fingerprint density at radius 1 is 0.629 bits per heavy atom. The predicted octanol–water partition coefficient (Wildman–Crippen LogP) is 8.63. The second kappa shape index (κ2) is 7.51. The molecule has 3 heterocycles. The summed E-state index contributed by atoms with van der Waals surface area (Å²) in [6, 6.07) is 28.8. The van der Waals surface area contributed by atoms with E-state index in [0.717, 1.165) is 0 Å². The van der Waals surface area contributed by atoms with Crippen LogP contribution in [0.25, 0.3) is 57.7 Å². The monoisotopic (exact) mass is 489 g/mol. The fraction of sp³-hybridized carbons (Fsp3) is 0.129. The first-order chi connectivity index (χ1) is 17.0. The largest absolute Gasteiger partial charge is 0.296 e. The molecule has 3 aromatic heterocycles. The quantitative estimate of drug-likeness (QED) is 0.215. The van der Waals surface area contributed by atoms with Gasteiger partial charge in [-0.1, -0.05) is 60.7 Å². The third-order valence-corrected chi connectivity index (χ3v) is 9.85. The summed E-state index contributed by atoms with van der Waals surface area (Å²) < 4.78 is 10.4. The van der Waals surface area contributed by atoms with Gasteiger partial charge in [0.25, 0.3) is 5.82 Å². The molecule has 0 radical (unpaired) electrons. The summed E-state index contributed by atoms with van der Waals surface area (Å²) >= 11 is 3.87. The van der Waals surface area contributed by atoms with Crippen LogP contribution in [0.3, 0.4) is 0 Å². The predicted molar refractivity (Wildman–Crippen MR) is 152 cm³/mol. The number of hydrogen-bond donors (Lipinski definition) is 0. The number of imidazole rings is 1. The van der Waals surface area contributed by atoms with Crippen molar-refractivity contribution in [1.29, 1.82) is 0 Å². The number of benzene rings is 4. The smallest absolute Gasteiger partial charge is 0.225 e. The van der Waals surface area contributed by atoms with E-state index in [-0.39, 0.29) is 0 Å². The summed E-state index contributed by atoms with van der Waals surface area (Å²) in [6.45, 7) is 6.70. The number of aromatic nitrogens is 2. The van der Waals surface area contributed by atoms with Crippen molar-refractivity contribution in [3.8, 4) is 17.1 Å². The van der Waals surface area contributed by atoms with Crippen LogP contribution in [-0.4, -0.2) is 4.57 Å². The number of para-hydroxylation sites is 3. The topological polar surface area (TPSA) is 8.81 Å². The molecule has 170 valence electrons. The lowest BCUT2D eigenvalue weighted by Gasteiger charge is -2.11.